The van der Waals surface area contributed by atoms with Gasteiger partial charge in [-0.1, -0.05) is 0 Å². The van der Waals surface area contributed by atoms with Gasteiger partial charge in [0, 0.05) is 10.6 Å². The molecule has 0 aliphatic carbocycles. The topological polar surface area (TPSA) is 104 Å². The van der Waals surface area contributed by atoms with Crippen molar-refractivity contribution in [2.45, 2.75) is 27.3 Å². The fraction of sp³-hybridized carbons (Fsp3) is 0.250. The fourth-order valence-electron chi connectivity index (χ4n) is 2.46. The predicted molar refractivity (Wildman–Crippen MR) is 92.2 cm³/mol. The first-order valence-corrected chi connectivity index (χ1v) is 8.07. The number of hydrogen-bond donors (Lipinski definition) is 2. The number of amides is 1. The standard InChI is InChI=1S/C16H15N5O2S/c1-8-4-11-14(19-8)18-7-21(16(11)23)6-13(22)20-15-12(5-17)9(2)10(3)24-15/h4,7,19H,6H2,1-3H3,(H,20,22). The van der Waals surface area contributed by atoms with Crippen molar-refractivity contribution in [2.75, 3.05) is 5.32 Å². The van der Waals surface area contributed by atoms with E-state index in [9.17, 15) is 14.9 Å². The number of carbonyl (C=O) groups is 1. The van der Waals surface area contributed by atoms with Gasteiger partial charge in [0.2, 0.25) is 5.91 Å². The molecule has 0 bridgehead atoms. The fourth-order valence-corrected chi connectivity index (χ4v) is 3.48. The van der Waals surface area contributed by atoms with Crippen LogP contribution in [0.15, 0.2) is 17.2 Å². The molecule has 2 N–H and O–H groups in total. The van der Waals surface area contributed by atoms with Gasteiger partial charge < -0.3 is 10.3 Å². The summed E-state index contributed by atoms with van der Waals surface area (Å²) in [7, 11) is 0. The summed E-state index contributed by atoms with van der Waals surface area (Å²) in [6.07, 6.45) is 1.34. The monoisotopic (exact) mass is 341 g/mol. The first-order valence-electron chi connectivity index (χ1n) is 7.25. The van der Waals surface area contributed by atoms with Crippen molar-refractivity contribution in [1.82, 2.24) is 14.5 Å². The minimum Gasteiger partial charge on any atom is -0.343 e. The Hall–Kier alpha value is -2.92. The number of rotatable bonds is 3. The number of aryl methyl sites for hydroxylation is 2. The Morgan fingerprint density at radius 2 is 2.21 bits per heavy atom. The van der Waals surface area contributed by atoms with Gasteiger partial charge in [0.05, 0.1) is 10.9 Å². The number of nitrogens with zero attached hydrogens (tertiary/aromatic N) is 3. The number of carbonyl (C=O) groups excluding carboxylic acids is 1. The first-order chi connectivity index (χ1) is 11.4. The van der Waals surface area contributed by atoms with E-state index in [1.54, 1.807) is 6.07 Å². The van der Waals surface area contributed by atoms with Crippen LogP contribution in [0.1, 0.15) is 21.7 Å². The normalized spacial score (nSPS) is 10.8. The highest BCUT2D eigenvalue weighted by atomic mass is 32.1. The van der Waals surface area contributed by atoms with Gasteiger partial charge in [-0.2, -0.15) is 5.26 Å². The first kappa shape index (κ1) is 16.0. The highest BCUT2D eigenvalue weighted by Crippen LogP contribution is 2.31. The third kappa shape index (κ3) is 2.70. The van der Waals surface area contributed by atoms with Crippen LogP contribution in [0.4, 0.5) is 5.00 Å². The van der Waals surface area contributed by atoms with E-state index in [-0.39, 0.29) is 18.0 Å². The van der Waals surface area contributed by atoms with E-state index >= 15 is 0 Å². The zero-order valence-corrected chi connectivity index (χ0v) is 14.2. The van der Waals surface area contributed by atoms with Gasteiger partial charge >= 0.3 is 0 Å². The molecular weight excluding hydrogens is 326 g/mol. The molecule has 122 valence electrons. The molecule has 3 rings (SSSR count). The SMILES string of the molecule is Cc1cc2c(=O)n(CC(=O)Nc3sc(C)c(C)c3C#N)cnc2[nH]1. The van der Waals surface area contributed by atoms with Crippen LogP contribution >= 0.6 is 11.3 Å². The van der Waals surface area contributed by atoms with Crippen LogP contribution in [0, 0.1) is 32.1 Å². The lowest BCUT2D eigenvalue weighted by Gasteiger charge is -2.06. The van der Waals surface area contributed by atoms with E-state index in [0.29, 0.717) is 21.6 Å². The number of thiophene rings is 1. The summed E-state index contributed by atoms with van der Waals surface area (Å²) in [6, 6.07) is 3.81. The maximum atomic E-state index is 12.4. The van der Waals surface area contributed by atoms with Crippen molar-refractivity contribution in [3.05, 3.63) is 44.4 Å². The van der Waals surface area contributed by atoms with E-state index in [2.05, 4.69) is 21.4 Å². The second-order valence-electron chi connectivity index (χ2n) is 5.54. The average Bonchev–Trinajstić information content (AvgIpc) is 3.03. The number of aromatic amines is 1. The molecule has 0 aliphatic rings. The van der Waals surface area contributed by atoms with Crippen molar-refractivity contribution in [3.8, 4) is 6.07 Å². The molecule has 7 nitrogen and oxygen atoms in total. The Morgan fingerprint density at radius 3 is 2.92 bits per heavy atom. The molecule has 8 heteroatoms. The summed E-state index contributed by atoms with van der Waals surface area (Å²) >= 11 is 1.35. The minimum absolute atomic E-state index is 0.160. The number of nitrogens with one attached hydrogen (secondary N) is 2. The van der Waals surface area contributed by atoms with E-state index in [0.717, 1.165) is 16.1 Å². The number of nitriles is 1. The minimum atomic E-state index is -0.372. The van der Waals surface area contributed by atoms with Crippen LogP contribution in [0.2, 0.25) is 0 Å². The van der Waals surface area contributed by atoms with E-state index in [4.69, 9.17) is 0 Å². The maximum absolute atomic E-state index is 12.4. The molecule has 0 fully saturated rings. The third-order valence-electron chi connectivity index (χ3n) is 3.81. The van der Waals surface area contributed by atoms with Crippen LogP contribution in [-0.2, 0) is 11.3 Å². The molecule has 3 heterocycles. The zero-order valence-electron chi connectivity index (χ0n) is 13.4. The molecule has 0 saturated carbocycles. The van der Waals surface area contributed by atoms with E-state index < -0.39 is 0 Å². The highest BCUT2D eigenvalue weighted by molar-refractivity contribution is 7.16. The van der Waals surface area contributed by atoms with Gasteiger partial charge in [0.1, 0.15) is 29.6 Å². The number of H-pyrrole nitrogens is 1. The third-order valence-corrected chi connectivity index (χ3v) is 4.94. The predicted octanol–water partition coefficient (Wildman–Crippen LogP) is 2.22. The summed E-state index contributed by atoms with van der Waals surface area (Å²) in [5.74, 6) is -0.372. The Morgan fingerprint density at radius 1 is 1.46 bits per heavy atom. The van der Waals surface area contributed by atoms with Gasteiger partial charge in [-0.15, -0.1) is 11.3 Å². The van der Waals surface area contributed by atoms with Crippen molar-refractivity contribution >= 4 is 33.3 Å². The Kier molecular flexibility index (Phi) is 3.95. The number of hydrogen-bond acceptors (Lipinski definition) is 5. The van der Waals surface area contributed by atoms with Crippen molar-refractivity contribution in [3.63, 3.8) is 0 Å². The van der Waals surface area contributed by atoms with Crippen LogP contribution in [0.5, 0.6) is 0 Å². The Bertz CT molecular complexity index is 1050. The molecule has 0 unspecified atom stereocenters. The Labute approximate surface area is 141 Å². The zero-order chi connectivity index (χ0) is 17.4. The number of anilines is 1. The molecule has 0 aliphatic heterocycles. The largest absolute Gasteiger partial charge is 0.343 e. The molecule has 0 spiro atoms. The molecule has 0 saturated heterocycles. The maximum Gasteiger partial charge on any atom is 0.263 e. The lowest BCUT2D eigenvalue weighted by Crippen LogP contribution is -2.27. The molecular formula is C16H15N5O2S. The van der Waals surface area contributed by atoms with Gasteiger partial charge in [-0.25, -0.2) is 4.98 Å². The van der Waals surface area contributed by atoms with Gasteiger partial charge in [-0.05, 0) is 32.4 Å². The summed E-state index contributed by atoms with van der Waals surface area (Å²) < 4.78 is 1.25. The molecule has 24 heavy (non-hydrogen) atoms. The molecule has 3 aromatic rings. The van der Waals surface area contributed by atoms with E-state index in [1.807, 2.05) is 20.8 Å². The molecule has 0 radical (unpaired) electrons. The lowest BCUT2D eigenvalue weighted by molar-refractivity contribution is -0.116. The van der Waals surface area contributed by atoms with E-state index in [1.165, 1.54) is 22.2 Å². The lowest BCUT2D eigenvalue weighted by atomic mass is 10.2. The Balaban J connectivity index is 1.86. The summed E-state index contributed by atoms with van der Waals surface area (Å²) in [6.45, 7) is 5.42. The highest BCUT2D eigenvalue weighted by Gasteiger charge is 2.16. The molecule has 0 aromatic carbocycles. The van der Waals surface area contributed by atoms with Gasteiger partial charge in [-0.3, -0.25) is 14.2 Å². The van der Waals surface area contributed by atoms with Gasteiger partial charge in [0.15, 0.2) is 0 Å². The molecule has 3 aromatic heterocycles. The van der Waals surface area contributed by atoms with Crippen LogP contribution in [0.25, 0.3) is 11.0 Å². The second-order valence-corrected chi connectivity index (χ2v) is 6.76. The molecule has 0 atom stereocenters. The summed E-state index contributed by atoms with van der Waals surface area (Å²) in [4.78, 5) is 32.8. The van der Waals surface area contributed by atoms with Crippen LogP contribution in [-0.4, -0.2) is 20.4 Å². The smallest absolute Gasteiger partial charge is 0.263 e. The quantitative estimate of drug-likeness (QED) is 0.762. The summed E-state index contributed by atoms with van der Waals surface area (Å²) in [5, 5.41) is 12.9. The number of fused-ring (bicyclic) bond motifs is 1. The van der Waals surface area contributed by atoms with Crippen molar-refractivity contribution in [1.29, 1.82) is 5.26 Å². The van der Waals surface area contributed by atoms with Crippen molar-refractivity contribution < 1.29 is 4.79 Å². The second kappa shape index (κ2) is 5.94. The van der Waals surface area contributed by atoms with Crippen LogP contribution < -0.4 is 10.9 Å². The summed E-state index contributed by atoms with van der Waals surface area (Å²) in [5.41, 5.74) is 2.39. The number of aromatic nitrogens is 3. The van der Waals surface area contributed by atoms with Gasteiger partial charge in [0.25, 0.3) is 5.56 Å². The molecule has 1 amide bonds. The average molecular weight is 341 g/mol. The van der Waals surface area contributed by atoms with Crippen molar-refractivity contribution in [2.24, 2.45) is 0 Å². The van der Waals surface area contributed by atoms with Crippen LogP contribution in [0.3, 0.4) is 0 Å².